The maximum absolute atomic E-state index is 2.60. The second-order valence-electron chi connectivity index (χ2n) is 17.6. The predicted molar refractivity (Wildman–Crippen MR) is 273 cm³/mol. The zero-order valence-corrected chi connectivity index (χ0v) is 39.9. The molecule has 0 aromatic heterocycles. The number of hydrogen-bond acceptors (Lipinski definition) is 0. The van der Waals surface area contributed by atoms with Crippen LogP contribution in [0.2, 0.25) is 11.5 Å². The van der Waals surface area contributed by atoms with Gasteiger partial charge >= 0.3 is 26.9 Å². The van der Waals surface area contributed by atoms with Crippen LogP contribution in [0.25, 0.3) is 89.0 Å². The summed E-state index contributed by atoms with van der Waals surface area (Å²) < 4.78 is 0. The van der Waals surface area contributed by atoms with Crippen LogP contribution >= 0.6 is 0 Å². The monoisotopic (exact) mass is 896 g/mol. The summed E-state index contributed by atoms with van der Waals surface area (Å²) in [5.41, 5.74) is 27.7. The van der Waals surface area contributed by atoms with Crippen molar-refractivity contribution in [1.82, 2.24) is 0 Å². The largest absolute Gasteiger partial charge is 0.0945 e. The second-order valence-corrected chi connectivity index (χ2v) is 24.6. The zero-order chi connectivity index (χ0) is 42.0. The Morgan fingerprint density at radius 1 is 0.254 bits per heavy atom. The SMILES string of the molecule is [CH3][Ge][CH3].c1ccc2c(c1)-c1ccccc1-c1cc3c(cc1-c1ccccc1-2)C[Si](c1ccccc1[Si]1Cc2cc4c(cc2C1)-c1ccccc1-c1ccccc1-c1ccccc1-4)C3. The molecule has 0 saturated carbocycles. The molecule has 4 radical (unpaired) electrons. The fraction of sp³-hybridized carbons (Fsp3) is 0.100. The topological polar surface area (TPSA) is 0 Å². The predicted octanol–water partition coefficient (Wildman–Crippen LogP) is 13.6. The third-order valence-corrected chi connectivity index (χ3v) is 19.7. The Kier molecular flexibility index (Phi) is 9.77. The average Bonchev–Trinajstić information content (AvgIpc) is 3.97. The van der Waals surface area contributed by atoms with Crippen molar-refractivity contribution < 1.29 is 0 Å². The Hall–Kier alpha value is -6.04. The van der Waals surface area contributed by atoms with E-state index in [0.717, 1.165) is 0 Å². The molecule has 0 N–H and O–H groups in total. The van der Waals surface area contributed by atoms with Gasteiger partial charge in [0.25, 0.3) is 0 Å². The van der Waals surface area contributed by atoms with Crippen LogP contribution in [0.15, 0.2) is 194 Å². The Morgan fingerprint density at radius 2 is 0.413 bits per heavy atom. The Labute approximate surface area is 382 Å². The van der Waals surface area contributed by atoms with Crippen LogP contribution in [-0.2, 0) is 24.2 Å². The fourth-order valence-corrected chi connectivity index (χ4v) is 18.0. The van der Waals surface area contributed by atoms with E-state index in [0.29, 0.717) is 15.4 Å². The van der Waals surface area contributed by atoms with E-state index in [1.165, 1.54) is 113 Å². The van der Waals surface area contributed by atoms with E-state index < -0.39 is 17.6 Å². The van der Waals surface area contributed by atoms with Gasteiger partial charge in [0.2, 0.25) is 0 Å². The van der Waals surface area contributed by atoms with Gasteiger partial charge in [-0.2, -0.15) is 0 Å². The zero-order valence-electron chi connectivity index (χ0n) is 35.8. The first-order valence-corrected chi connectivity index (χ1v) is 30.5. The van der Waals surface area contributed by atoms with E-state index in [1.54, 1.807) is 32.6 Å². The summed E-state index contributed by atoms with van der Waals surface area (Å²) in [5.74, 6) is 4.50. The minimum atomic E-state index is -0.862. The van der Waals surface area contributed by atoms with E-state index in [2.05, 4.69) is 206 Å². The number of benzene rings is 9. The molecular weight excluding hydrogens is 849 g/mol. The molecule has 0 unspecified atom stereocenters. The first-order chi connectivity index (χ1) is 31.2. The molecule has 0 fully saturated rings. The van der Waals surface area contributed by atoms with Crippen LogP contribution in [0.1, 0.15) is 22.3 Å². The maximum Gasteiger partial charge on any atom is 0.0945 e. The molecule has 0 nitrogen and oxygen atoms in total. The smallest absolute Gasteiger partial charge is 0.0634 e. The van der Waals surface area contributed by atoms with Gasteiger partial charge in [-0.25, -0.2) is 0 Å². The van der Waals surface area contributed by atoms with E-state index in [1.807, 2.05) is 0 Å². The second kappa shape index (κ2) is 15.9. The van der Waals surface area contributed by atoms with Crippen LogP contribution < -0.4 is 10.4 Å². The summed E-state index contributed by atoms with van der Waals surface area (Å²) in [6.45, 7) is 0. The van der Waals surface area contributed by atoms with Crippen LogP contribution in [0.4, 0.5) is 0 Å². The minimum absolute atomic E-state index is 0.500. The third-order valence-electron chi connectivity index (χ3n) is 13.9. The first kappa shape index (κ1) is 38.6. The summed E-state index contributed by atoms with van der Waals surface area (Å²) in [6.07, 6.45) is 0. The van der Waals surface area contributed by atoms with Gasteiger partial charge in [0.05, 0.1) is 17.6 Å². The minimum Gasteiger partial charge on any atom is -0.0634 e. The van der Waals surface area contributed by atoms with Crippen molar-refractivity contribution in [3.05, 3.63) is 216 Å². The summed E-state index contributed by atoms with van der Waals surface area (Å²) in [5, 5.41) is 3.37. The molecule has 13 rings (SSSR count). The summed E-state index contributed by atoms with van der Waals surface area (Å²) in [4.78, 5) is 0. The van der Waals surface area contributed by atoms with Gasteiger partial charge in [-0.1, -0.05) is 204 Å². The van der Waals surface area contributed by atoms with Crippen molar-refractivity contribution in [2.24, 2.45) is 0 Å². The van der Waals surface area contributed by atoms with Crippen molar-refractivity contribution in [2.75, 3.05) is 0 Å². The van der Waals surface area contributed by atoms with Crippen LogP contribution in [0.3, 0.4) is 0 Å². The standard InChI is InChI=1S/C58H40Si2.C2H6Ge/c1-2-16-42-41(15-1)45-19-5-9-23-49(45)53-29-37-33-59(34-38(37)30-54(53)50-24-10-6-20-46(42)50)57-27-13-14-28-58(57)60-35-39-31-55-51-25-11-7-21-47(51)43-17-3-4-18-44(43)48-22-8-12-26-52(48)56(55)32-40(39)36-60;1-3-2/h1-32H,33-36H2;1-2H3. The molecular formula is C60H46GeSi2. The van der Waals surface area contributed by atoms with E-state index in [-0.39, 0.29) is 0 Å². The van der Waals surface area contributed by atoms with E-state index >= 15 is 0 Å². The average molecular weight is 896 g/mol. The molecule has 3 heteroatoms. The van der Waals surface area contributed by atoms with Gasteiger partial charge in [-0.3, -0.25) is 0 Å². The number of hydrogen-bond donors (Lipinski definition) is 0. The molecule has 0 saturated heterocycles. The molecule has 0 atom stereocenters. The molecule has 0 bridgehead atoms. The van der Waals surface area contributed by atoms with Crippen LogP contribution in [0, 0.1) is 0 Å². The van der Waals surface area contributed by atoms with Crippen LogP contribution in [0.5, 0.6) is 0 Å². The molecule has 4 aliphatic rings. The molecule has 2 aliphatic carbocycles. The Balaban J connectivity index is 0.00000137. The molecule has 9 aromatic rings. The van der Waals surface area contributed by atoms with Gasteiger partial charge < -0.3 is 0 Å². The molecule has 298 valence electrons. The number of fused-ring (bicyclic) bond motifs is 18. The fourth-order valence-electron chi connectivity index (χ4n) is 11.2. The maximum atomic E-state index is 2.60. The Bertz CT molecular complexity index is 2860. The summed E-state index contributed by atoms with van der Waals surface area (Å²) >= 11 is 0.500. The molecule has 9 aromatic carbocycles. The normalized spacial score (nSPS) is 13.9. The van der Waals surface area contributed by atoms with Crippen LogP contribution in [-0.4, -0.2) is 33.0 Å². The van der Waals surface area contributed by atoms with Crippen molar-refractivity contribution >= 4 is 43.4 Å². The van der Waals surface area contributed by atoms with Crippen molar-refractivity contribution in [3.63, 3.8) is 0 Å². The quantitative estimate of drug-likeness (QED) is 0.152. The molecule has 63 heavy (non-hydrogen) atoms. The van der Waals surface area contributed by atoms with Gasteiger partial charge in [-0.15, -0.1) is 0 Å². The van der Waals surface area contributed by atoms with E-state index in [9.17, 15) is 0 Å². The molecule has 0 spiro atoms. The number of rotatable bonds is 2. The third kappa shape index (κ3) is 6.45. The van der Waals surface area contributed by atoms with Crippen molar-refractivity contribution in [3.8, 4) is 89.0 Å². The Morgan fingerprint density at radius 3 is 0.603 bits per heavy atom. The van der Waals surface area contributed by atoms with Gasteiger partial charge in [0.1, 0.15) is 0 Å². The van der Waals surface area contributed by atoms with Gasteiger partial charge in [-0.05, 0) is 135 Å². The summed E-state index contributed by atoms with van der Waals surface area (Å²) in [7, 11) is -1.72. The van der Waals surface area contributed by atoms with Crippen molar-refractivity contribution in [1.29, 1.82) is 0 Å². The first-order valence-electron chi connectivity index (χ1n) is 22.4. The molecule has 2 aliphatic heterocycles. The van der Waals surface area contributed by atoms with Crippen molar-refractivity contribution in [2.45, 2.75) is 35.7 Å². The summed E-state index contributed by atoms with van der Waals surface area (Å²) in [6, 6.07) is 79.2. The van der Waals surface area contributed by atoms with E-state index in [4.69, 9.17) is 0 Å². The molecule has 2 heterocycles. The molecule has 0 amide bonds. The van der Waals surface area contributed by atoms with Gasteiger partial charge in [0.15, 0.2) is 0 Å². The van der Waals surface area contributed by atoms with Gasteiger partial charge in [0, 0.05) is 0 Å².